The maximum absolute atomic E-state index is 13.2. The molecule has 1 fully saturated rings. The largest absolute Gasteiger partial charge is 0.440 e. The molecule has 2 aliphatic carbocycles. The fraction of sp³-hybridized carbons (Fsp3) is 0.270. The van der Waals surface area contributed by atoms with Gasteiger partial charge in [-0.1, -0.05) is 47.5 Å². The van der Waals surface area contributed by atoms with Gasteiger partial charge >= 0.3 is 0 Å². The molecule has 3 heterocycles. The highest BCUT2D eigenvalue weighted by molar-refractivity contribution is 6.31. The van der Waals surface area contributed by atoms with Crippen molar-refractivity contribution in [1.29, 1.82) is 0 Å². The van der Waals surface area contributed by atoms with E-state index in [4.69, 9.17) is 27.6 Å². The van der Waals surface area contributed by atoms with E-state index in [1.807, 2.05) is 18.2 Å². The van der Waals surface area contributed by atoms with Gasteiger partial charge in [0.1, 0.15) is 34.6 Å². The third-order valence-electron chi connectivity index (χ3n) is 8.77. The van der Waals surface area contributed by atoms with E-state index in [9.17, 15) is 18.4 Å². The summed E-state index contributed by atoms with van der Waals surface area (Å²) in [5.41, 5.74) is 3.88. The van der Waals surface area contributed by atoms with Gasteiger partial charge in [0.05, 0.1) is 5.69 Å². The highest BCUT2D eigenvalue weighted by Crippen LogP contribution is 2.40. The quantitative estimate of drug-likeness (QED) is 0.167. The lowest BCUT2D eigenvalue weighted by molar-refractivity contribution is -0.124. The summed E-state index contributed by atoms with van der Waals surface area (Å²) in [7, 11) is 0. The zero-order valence-corrected chi connectivity index (χ0v) is 26.9. The van der Waals surface area contributed by atoms with Gasteiger partial charge in [-0.05, 0) is 90.8 Å². The first-order chi connectivity index (χ1) is 22.7. The highest BCUT2D eigenvalue weighted by Gasteiger charge is 2.32. The van der Waals surface area contributed by atoms with Crippen molar-refractivity contribution in [2.24, 2.45) is 5.92 Å². The van der Waals surface area contributed by atoms with Crippen LogP contribution in [0.15, 0.2) is 89.6 Å². The van der Waals surface area contributed by atoms with Gasteiger partial charge in [-0.25, -0.2) is 13.8 Å². The number of aryl methyl sites for hydroxylation is 1. The number of hydrogen-bond donors (Lipinski definition) is 0. The molecule has 240 valence electrons. The zero-order valence-electron chi connectivity index (χ0n) is 25.3. The normalized spacial score (nSPS) is 19.0. The lowest BCUT2D eigenvalue weighted by atomic mass is 9.75. The van der Waals surface area contributed by atoms with E-state index >= 15 is 0 Å². The number of hydrogen-bond acceptors (Lipinski definition) is 6. The van der Waals surface area contributed by atoms with Gasteiger partial charge in [0.2, 0.25) is 5.89 Å². The number of aromatic nitrogens is 3. The second-order valence-corrected chi connectivity index (χ2v) is 12.7. The Morgan fingerprint density at radius 1 is 0.830 bits per heavy atom. The minimum absolute atomic E-state index is 0.0670. The predicted octanol–water partition coefficient (Wildman–Crippen LogP) is 9.40. The molecular weight excluding hydrogens is 643 g/mol. The van der Waals surface area contributed by atoms with E-state index in [-0.39, 0.29) is 47.4 Å². The van der Waals surface area contributed by atoms with E-state index in [1.165, 1.54) is 24.3 Å². The van der Waals surface area contributed by atoms with Gasteiger partial charge in [-0.3, -0.25) is 19.6 Å². The van der Waals surface area contributed by atoms with Gasteiger partial charge in [0, 0.05) is 54.0 Å². The van der Waals surface area contributed by atoms with Crippen LogP contribution in [0.5, 0.6) is 0 Å². The van der Waals surface area contributed by atoms with Crippen LogP contribution in [0.25, 0.3) is 11.6 Å². The number of oxazole rings is 1. The number of carbonyl (C=O) groups is 2. The number of pyridine rings is 2. The third-order valence-corrected chi connectivity index (χ3v) is 9.43. The molecule has 3 aromatic heterocycles. The summed E-state index contributed by atoms with van der Waals surface area (Å²) >= 11 is 12.3. The van der Waals surface area contributed by atoms with Crippen LogP contribution < -0.4 is 0 Å². The summed E-state index contributed by atoms with van der Waals surface area (Å²) in [5.74, 6) is 0.732. The molecule has 0 N–H and O–H groups in total. The maximum atomic E-state index is 13.2. The Bertz CT molecular complexity index is 1890. The van der Waals surface area contributed by atoms with Crippen molar-refractivity contribution < 1.29 is 22.8 Å². The topological polar surface area (TPSA) is 86.0 Å². The number of Topliss-reactive ketones (excluding diaryl/α,β-unsaturated/α-hetero) is 2. The fourth-order valence-electron chi connectivity index (χ4n) is 6.36. The molecule has 0 amide bonds. The van der Waals surface area contributed by atoms with Crippen LogP contribution in [0.3, 0.4) is 0 Å². The molecule has 5 aromatic rings. The van der Waals surface area contributed by atoms with E-state index < -0.39 is 0 Å². The lowest BCUT2D eigenvalue weighted by Crippen LogP contribution is -2.26. The molecule has 0 bridgehead atoms. The maximum Gasteiger partial charge on any atom is 0.245 e. The number of benzene rings is 2. The van der Waals surface area contributed by atoms with Crippen molar-refractivity contribution in [3.63, 3.8) is 0 Å². The van der Waals surface area contributed by atoms with Crippen LogP contribution in [0.4, 0.5) is 8.78 Å². The molecule has 0 spiro atoms. The second-order valence-electron chi connectivity index (χ2n) is 11.9. The number of carbonyl (C=O) groups excluding carboxylic acids is 2. The third kappa shape index (κ3) is 7.83. The lowest BCUT2D eigenvalue weighted by Gasteiger charge is -2.28. The van der Waals surface area contributed by atoms with Crippen molar-refractivity contribution >= 4 is 34.8 Å². The van der Waals surface area contributed by atoms with Gasteiger partial charge in [0.15, 0.2) is 5.78 Å². The Morgan fingerprint density at radius 3 is 2.13 bits per heavy atom. The van der Waals surface area contributed by atoms with Crippen LogP contribution in [-0.4, -0.2) is 26.5 Å². The molecule has 47 heavy (non-hydrogen) atoms. The Balaban J connectivity index is 0.000000164. The Kier molecular flexibility index (Phi) is 10.2. The molecule has 0 aliphatic heterocycles. The standard InChI is InChI=1S/C19H17ClFNO2.C18H14ClFN2O/c20-16-11-14(21)5-6-15(16)12-4-7-18(23)13(9-12)10-19(24)17-3-1-2-8-22-17;19-14-10-12(20)5-6-13(14)11-4-7-17-16(9-11)22-18(23-17)15-3-1-2-8-21-15/h1-3,5-6,8,11-13H,4,7,9-10H2;1-3,5-6,8,10-11H,4,7,9H2. The monoisotopic (exact) mass is 673 g/mol. The first-order valence-electron chi connectivity index (χ1n) is 15.5. The van der Waals surface area contributed by atoms with E-state index in [0.717, 1.165) is 47.5 Å². The van der Waals surface area contributed by atoms with Crippen molar-refractivity contribution in [2.45, 2.75) is 56.8 Å². The van der Waals surface area contributed by atoms with Crippen LogP contribution in [0.1, 0.15) is 77.0 Å². The minimum atomic E-state index is -0.377. The highest BCUT2D eigenvalue weighted by atomic mass is 35.5. The van der Waals surface area contributed by atoms with Crippen LogP contribution >= 0.6 is 23.2 Å². The van der Waals surface area contributed by atoms with Crippen molar-refractivity contribution in [2.75, 3.05) is 0 Å². The number of fused-ring (bicyclic) bond motifs is 1. The van der Waals surface area contributed by atoms with E-state index in [2.05, 4.69) is 15.0 Å². The summed E-state index contributed by atoms with van der Waals surface area (Å²) in [5, 5.41) is 0.857. The number of ketones is 2. The number of halogens is 4. The summed E-state index contributed by atoms with van der Waals surface area (Å²) in [4.78, 5) is 37.5. The fourth-order valence-corrected chi connectivity index (χ4v) is 7.00. The van der Waals surface area contributed by atoms with E-state index in [0.29, 0.717) is 40.9 Å². The Hall–Kier alpha value is -4.27. The molecule has 3 unspecified atom stereocenters. The molecule has 7 rings (SSSR count). The number of rotatable bonds is 6. The van der Waals surface area contributed by atoms with E-state index in [1.54, 1.807) is 42.7 Å². The van der Waals surface area contributed by atoms with Crippen LogP contribution in [0, 0.1) is 17.6 Å². The van der Waals surface area contributed by atoms with Gasteiger partial charge in [-0.2, -0.15) is 0 Å². The molecule has 1 saturated carbocycles. The van der Waals surface area contributed by atoms with Gasteiger partial charge < -0.3 is 4.42 Å². The van der Waals surface area contributed by atoms with Crippen molar-refractivity contribution in [3.8, 4) is 11.6 Å². The summed E-state index contributed by atoms with van der Waals surface area (Å²) in [6, 6.07) is 19.8. The molecule has 2 aromatic carbocycles. The summed E-state index contributed by atoms with van der Waals surface area (Å²) in [6.45, 7) is 0. The van der Waals surface area contributed by atoms with Crippen molar-refractivity contribution in [1.82, 2.24) is 15.0 Å². The van der Waals surface area contributed by atoms with Crippen LogP contribution in [0.2, 0.25) is 10.0 Å². The number of nitrogens with zero attached hydrogens (tertiary/aromatic N) is 3. The first-order valence-corrected chi connectivity index (χ1v) is 16.3. The molecule has 10 heteroatoms. The van der Waals surface area contributed by atoms with Gasteiger partial charge in [-0.15, -0.1) is 0 Å². The molecular formula is C37H31Cl2F2N3O3. The predicted molar refractivity (Wildman–Crippen MR) is 176 cm³/mol. The first kappa shape index (κ1) is 32.7. The SMILES string of the molecule is Fc1ccc(C2CCc3oc(-c4ccccn4)nc3C2)c(Cl)c1.O=C(CC1CC(c2ccc(F)cc2Cl)CCC1=O)c1ccccn1. The van der Waals surface area contributed by atoms with Crippen molar-refractivity contribution in [3.05, 3.63) is 135 Å². The molecule has 0 radical (unpaired) electrons. The summed E-state index contributed by atoms with van der Waals surface area (Å²) < 4.78 is 32.3. The Morgan fingerprint density at radius 2 is 1.49 bits per heavy atom. The molecule has 3 atom stereocenters. The molecule has 2 aliphatic rings. The average Bonchev–Trinajstić information content (AvgIpc) is 3.51. The smallest absolute Gasteiger partial charge is 0.245 e. The minimum Gasteiger partial charge on any atom is -0.440 e. The zero-order chi connectivity index (χ0) is 32.9. The Labute approximate surface area is 281 Å². The summed E-state index contributed by atoms with van der Waals surface area (Å²) in [6.07, 6.45) is 7.56. The molecule has 6 nitrogen and oxygen atoms in total. The second kappa shape index (κ2) is 14.7. The van der Waals surface area contributed by atoms with Crippen LogP contribution in [-0.2, 0) is 17.6 Å². The molecule has 0 saturated heterocycles. The average molecular weight is 675 g/mol. The van der Waals surface area contributed by atoms with Gasteiger partial charge in [0.25, 0.3) is 0 Å².